The second-order valence-electron chi connectivity index (χ2n) is 4.91. The summed E-state index contributed by atoms with van der Waals surface area (Å²) in [4.78, 5) is 3.28. The van der Waals surface area contributed by atoms with Gasteiger partial charge in [-0.05, 0) is 63.1 Å². The molecule has 1 aromatic heterocycles. The fourth-order valence-corrected chi connectivity index (χ4v) is 4.17. The Kier molecular flexibility index (Phi) is 2.57. The Labute approximate surface area is 95.9 Å². The van der Waals surface area contributed by atoms with Crippen LogP contribution >= 0.6 is 11.3 Å². The summed E-state index contributed by atoms with van der Waals surface area (Å²) >= 11 is 2.07. The summed E-state index contributed by atoms with van der Waals surface area (Å²) in [5.41, 5.74) is 1.65. The predicted molar refractivity (Wildman–Crippen MR) is 65.5 cm³/mol. The Morgan fingerprint density at radius 3 is 2.80 bits per heavy atom. The molecule has 0 spiro atoms. The van der Waals surface area contributed by atoms with E-state index in [4.69, 9.17) is 0 Å². The van der Waals surface area contributed by atoms with Gasteiger partial charge in [-0.2, -0.15) is 0 Å². The first-order valence-corrected chi connectivity index (χ1v) is 6.99. The van der Waals surface area contributed by atoms with Gasteiger partial charge in [-0.3, -0.25) is 0 Å². The van der Waals surface area contributed by atoms with Crippen molar-refractivity contribution < 1.29 is 0 Å². The maximum absolute atomic E-state index is 3.50. The molecule has 0 aliphatic heterocycles. The van der Waals surface area contributed by atoms with E-state index >= 15 is 0 Å². The fraction of sp³-hybridized carbons (Fsp3) is 0.692. The highest BCUT2D eigenvalue weighted by Gasteiger charge is 2.32. The number of aryl methyl sites for hydroxylation is 2. The SMILES string of the molecule is CNC(c1cc2c(s1)CCCC2)C1CC1. The lowest BCUT2D eigenvalue weighted by molar-refractivity contribution is 0.537. The molecule has 2 aliphatic carbocycles. The van der Waals surface area contributed by atoms with Gasteiger partial charge in [0.2, 0.25) is 0 Å². The maximum atomic E-state index is 3.50. The van der Waals surface area contributed by atoms with Gasteiger partial charge >= 0.3 is 0 Å². The van der Waals surface area contributed by atoms with E-state index in [9.17, 15) is 0 Å². The average Bonchev–Trinajstić information content (AvgIpc) is 2.99. The quantitative estimate of drug-likeness (QED) is 0.826. The van der Waals surface area contributed by atoms with Crippen molar-refractivity contribution in [2.24, 2.45) is 5.92 Å². The molecular formula is C13H19NS. The van der Waals surface area contributed by atoms with Gasteiger partial charge < -0.3 is 5.32 Å². The van der Waals surface area contributed by atoms with Gasteiger partial charge in [-0.1, -0.05) is 0 Å². The van der Waals surface area contributed by atoms with Crippen LogP contribution in [0.25, 0.3) is 0 Å². The van der Waals surface area contributed by atoms with Gasteiger partial charge in [0.15, 0.2) is 0 Å². The third kappa shape index (κ3) is 1.85. The van der Waals surface area contributed by atoms with Crippen LogP contribution in [0.5, 0.6) is 0 Å². The summed E-state index contributed by atoms with van der Waals surface area (Å²) in [5.74, 6) is 0.926. The van der Waals surface area contributed by atoms with Crippen LogP contribution in [0.3, 0.4) is 0 Å². The molecule has 1 N–H and O–H groups in total. The third-order valence-electron chi connectivity index (χ3n) is 3.73. The zero-order chi connectivity index (χ0) is 10.3. The van der Waals surface area contributed by atoms with Gasteiger partial charge in [-0.15, -0.1) is 11.3 Å². The van der Waals surface area contributed by atoms with Crippen molar-refractivity contribution in [3.63, 3.8) is 0 Å². The molecule has 0 bridgehead atoms. The van der Waals surface area contributed by atoms with Crippen molar-refractivity contribution in [3.8, 4) is 0 Å². The third-order valence-corrected chi connectivity index (χ3v) is 5.05. The zero-order valence-corrected chi connectivity index (χ0v) is 10.2. The highest BCUT2D eigenvalue weighted by molar-refractivity contribution is 7.12. The lowest BCUT2D eigenvalue weighted by atomic mass is 9.98. The summed E-state index contributed by atoms with van der Waals surface area (Å²) in [6, 6.07) is 3.14. The lowest BCUT2D eigenvalue weighted by Crippen LogP contribution is -2.16. The molecule has 0 aromatic carbocycles. The molecule has 1 heterocycles. The standard InChI is InChI=1S/C13H19NS/c1-14-13(9-6-7-9)12-8-10-4-2-3-5-11(10)15-12/h8-9,13-14H,2-7H2,1H3. The Morgan fingerprint density at radius 1 is 1.33 bits per heavy atom. The highest BCUT2D eigenvalue weighted by Crippen LogP contribution is 2.44. The number of hydrogen-bond acceptors (Lipinski definition) is 2. The van der Waals surface area contributed by atoms with Crippen LogP contribution in [-0.4, -0.2) is 7.05 Å². The number of rotatable bonds is 3. The summed E-state index contributed by atoms with van der Waals surface area (Å²) in [5, 5.41) is 3.50. The minimum atomic E-state index is 0.653. The van der Waals surface area contributed by atoms with Gasteiger partial charge in [-0.25, -0.2) is 0 Å². The minimum Gasteiger partial charge on any atom is -0.312 e. The monoisotopic (exact) mass is 221 g/mol. The summed E-state index contributed by atoms with van der Waals surface area (Å²) in [6.45, 7) is 0. The largest absolute Gasteiger partial charge is 0.312 e. The first-order valence-electron chi connectivity index (χ1n) is 6.17. The zero-order valence-electron chi connectivity index (χ0n) is 9.38. The van der Waals surface area contributed by atoms with Gasteiger partial charge in [0.05, 0.1) is 0 Å². The fourth-order valence-electron chi connectivity index (χ4n) is 2.71. The molecule has 15 heavy (non-hydrogen) atoms. The van der Waals surface area contributed by atoms with Crippen LogP contribution in [0.1, 0.15) is 47.0 Å². The smallest absolute Gasteiger partial charge is 0.0441 e. The van der Waals surface area contributed by atoms with E-state index in [1.165, 1.54) is 38.5 Å². The molecule has 1 saturated carbocycles. The van der Waals surface area contributed by atoms with E-state index in [-0.39, 0.29) is 0 Å². The highest BCUT2D eigenvalue weighted by atomic mass is 32.1. The van der Waals surface area contributed by atoms with Gasteiger partial charge in [0.25, 0.3) is 0 Å². The summed E-state index contributed by atoms with van der Waals surface area (Å²) in [6.07, 6.45) is 8.31. The van der Waals surface area contributed by atoms with Gasteiger partial charge in [0, 0.05) is 15.8 Å². The van der Waals surface area contributed by atoms with Crippen LogP contribution in [0, 0.1) is 5.92 Å². The second-order valence-corrected chi connectivity index (χ2v) is 6.08. The minimum absolute atomic E-state index is 0.653. The lowest BCUT2D eigenvalue weighted by Gasteiger charge is -2.12. The molecule has 1 aromatic rings. The molecule has 2 aliphatic rings. The van der Waals surface area contributed by atoms with E-state index in [2.05, 4.69) is 29.8 Å². The molecule has 1 unspecified atom stereocenters. The molecule has 2 heteroatoms. The number of nitrogens with one attached hydrogen (secondary N) is 1. The molecule has 82 valence electrons. The first-order chi connectivity index (χ1) is 7.38. The van der Waals surface area contributed by atoms with E-state index < -0.39 is 0 Å². The van der Waals surface area contributed by atoms with Crippen LogP contribution in [0.4, 0.5) is 0 Å². The van der Waals surface area contributed by atoms with E-state index in [1.807, 2.05) is 0 Å². The predicted octanol–water partition coefficient (Wildman–Crippen LogP) is 3.30. The normalized spacial score (nSPS) is 22.5. The second kappa shape index (κ2) is 3.91. The van der Waals surface area contributed by atoms with Crippen molar-refractivity contribution in [2.75, 3.05) is 7.05 Å². The van der Waals surface area contributed by atoms with Crippen molar-refractivity contribution in [1.29, 1.82) is 0 Å². The molecule has 0 radical (unpaired) electrons. The molecule has 3 rings (SSSR count). The Morgan fingerprint density at radius 2 is 2.13 bits per heavy atom. The molecule has 0 amide bonds. The molecule has 1 nitrogen and oxygen atoms in total. The van der Waals surface area contributed by atoms with Crippen molar-refractivity contribution >= 4 is 11.3 Å². The summed E-state index contributed by atoms with van der Waals surface area (Å²) < 4.78 is 0. The van der Waals surface area contributed by atoms with Crippen LogP contribution in [-0.2, 0) is 12.8 Å². The van der Waals surface area contributed by atoms with Crippen molar-refractivity contribution in [3.05, 3.63) is 21.4 Å². The topological polar surface area (TPSA) is 12.0 Å². The van der Waals surface area contributed by atoms with E-state index in [0.29, 0.717) is 6.04 Å². The maximum Gasteiger partial charge on any atom is 0.0441 e. The van der Waals surface area contributed by atoms with E-state index in [1.54, 1.807) is 15.3 Å². The Bertz CT molecular complexity index is 328. The number of hydrogen-bond donors (Lipinski definition) is 1. The Hall–Kier alpha value is -0.340. The van der Waals surface area contributed by atoms with Crippen LogP contribution in [0.15, 0.2) is 6.07 Å². The number of thiophene rings is 1. The van der Waals surface area contributed by atoms with E-state index in [0.717, 1.165) is 5.92 Å². The molecule has 1 fully saturated rings. The number of fused-ring (bicyclic) bond motifs is 1. The average molecular weight is 221 g/mol. The van der Waals surface area contributed by atoms with Crippen molar-refractivity contribution in [1.82, 2.24) is 5.32 Å². The van der Waals surface area contributed by atoms with Gasteiger partial charge in [0.1, 0.15) is 0 Å². The van der Waals surface area contributed by atoms with Crippen LogP contribution in [0.2, 0.25) is 0 Å². The molecule has 0 saturated heterocycles. The Balaban J connectivity index is 1.87. The van der Waals surface area contributed by atoms with Crippen molar-refractivity contribution in [2.45, 2.75) is 44.6 Å². The summed E-state index contributed by atoms with van der Waals surface area (Å²) in [7, 11) is 2.11. The van der Waals surface area contributed by atoms with Crippen LogP contribution < -0.4 is 5.32 Å². The molecule has 1 atom stereocenters. The first kappa shape index (κ1) is 9.86. The molecular weight excluding hydrogens is 202 g/mol.